The van der Waals surface area contributed by atoms with Gasteiger partial charge in [0.1, 0.15) is 12.4 Å². The number of nitrogens with zero attached hydrogens (tertiary/aromatic N) is 3. The van der Waals surface area contributed by atoms with Crippen molar-refractivity contribution in [2.24, 2.45) is 0 Å². The Labute approximate surface area is 163 Å². The number of benzene rings is 1. The van der Waals surface area contributed by atoms with E-state index in [2.05, 4.69) is 22.0 Å². The third-order valence-electron chi connectivity index (χ3n) is 5.25. The van der Waals surface area contributed by atoms with Gasteiger partial charge in [-0.15, -0.1) is 0 Å². The first-order valence-corrected chi connectivity index (χ1v) is 9.59. The molecule has 28 heavy (non-hydrogen) atoms. The monoisotopic (exact) mass is 377 g/mol. The number of rotatable bonds is 6. The molecule has 1 aliphatic heterocycles. The highest BCUT2D eigenvalue weighted by Gasteiger charge is 2.21. The van der Waals surface area contributed by atoms with Crippen LogP contribution in [0.4, 0.5) is 0 Å². The summed E-state index contributed by atoms with van der Waals surface area (Å²) in [5.41, 5.74) is 2.20. The van der Waals surface area contributed by atoms with Crippen molar-refractivity contribution < 1.29 is 14.6 Å². The Morgan fingerprint density at radius 3 is 2.82 bits per heavy atom. The van der Waals surface area contributed by atoms with Crippen molar-refractivity contribution in [1.82, 2.24) is 14.9 Å². The largest absolute Gasteiger partial charge is 0.492 e. The zero-order valence-corrected chi connectivity index (χ0v) is 15.6. The smallest absolute Gasteiger partial charge is 0.335 e. The van der Waals surface area contributed by atoms with Gasteiger partial charge in [-0.05, 0) is 68.4 Å². The number of hydrogen-bond acceptors (Lipinski definition) is 5. The highest BCUT2D eigenvalue weighted by Crippen LogP contribution is 2.27. The lowest BCUT2D eigenvalue weighted by molar-refractivity contribution is 0.0696. The number of hydrogen-bond donors (Lipinski definition) is 1. The molecule has 2 aromatic heterocycles. The summed E-state index contributed by atoms with van der Waals surface area (Å²) in [7, 11) is 0. The van der Waals surface area contributed by atoms with E-state index in [0.29, 0.717) is 18.3 Å². The molecule has 0 aliphatic carbocycles. The molecule has 0 spiro atoms. The molecule has 6 nitrogen and oxygen atoms in total. The molecule has 1 fully saturated rings. The van der Waals surface area contributed by atoms with E-state index in [1.54, 1.807) is 30.5 Å². The van der Waals surface area contributed by atoms with Crippen molar-refractivity contribution >= 4 is 17.0 Å². The second-order valence-electron chi connectivity index (χ2n) is 7.08. The van der Waals surface area contributed by atoms with Gasteiger partial charge in [0.15, 0.2) is 5.65 Å². The van der Waals surface area contributed by atoms with Crippen molar-refractivity contribution in [2.45, 2.75) is 18.8 Å². The van der Waals surface area contributed by atoms with Gasteiger partial charge in [-0.25, -0.2) is 14.8 Å². The van der Waals surface area contributed by atoms with Crippen molar-refractivity contribution in [2.75, 3.05) is 26.2 Å². The Morgan fingerprint density at radius 1 is 1.14 bits per heavy atom. The van der Waals surface area contributed by atoms with Crippen LogP contribution in [0.25, 0.3) is 11.0 Å². The van der Waals surface area contributed by atoms with Crippen LogP contribution in [0.15, 0.2) is 54.7 Å². The zero-order valence-electron chi connectivity index (χ0n) is 15.6. The fourth-order valence-electron chi connectivity index (χ4n) is 3.66. The molecule has 1 saturated heterocycles. The first kappa shape index (κ1) is 18.4. The molecule has 0 amide bonds. The van der Waals surface area contributed by atoms with E-state index in [-0.39, 0.29) is 5.56 Å². The van der Waals surface area contributed by atoms with Crippen LogP contribution in [0, 0.1) is 0 Å². The number of fused-ring (bicyclic) bond motifs is 1. The van der Waals surface area contributed by atoms with Gasteiger partial charge in [0.05, 0.1) is 5.56 Å². The van der Waals surface area contributed by atoms with Crippen LogP contribution < -0.4 is 4.74 Å². The first-order chi connectivity index (χ1) is 13.7. The van der Waals surface area contributed by atoms with E-state index in [9.17, 15) is 4.79 Å². The third kappa shape index (κ3) is 4.28. The minimum Gasteiger partial charge on any atom is -0.492 e. The summed E-state index contributed by atoms with van der Waals surface area (Å²) in [6.07, 6.45) is 3.92. The van der Waals surface area contributed by atoms with E-state index in [1.807, 2.05) is 12.1 Å². The van der Waals surface area contributed by atoms with E-state index in [0.717, 1.165) is 49.2 Å². The predicted octanol–water partition coefficient (Wildman–Crippen LogP) is 3.59. The Kier molecular flexibility index (Phi) is 5.48. The molecular formula is C22H23N3O3. The van der Waals surface area contributed by atoms with Gasteiger partial charge in [-0.2, -0.15) is 0 Å². The van der Waals surface area contributed by atoms with Crippen LogP contribution in [-0.4, -0.2) is 52.2 Å². The fourth-order valence-corrected chi connectivity index (χ4v) is 3.66. The van der Waals surface area contributed by atoms with E-state index in [1.165, 1.54) is 0 Å². The van der Waals surface area contributed by atoms with Gasteiger partial charge in [-0.1, -0.05) is 6.07 Å². The average molecular weight is 377 g/mol. The van der Waals surface area contributed by atoms with Gasteiger partial charge in [0.25, 0.3) is 0 Å². The number of ether oxygens (including phenoxy) is 1. The molecule has 1 aromatic carbocycles. The molecule has 0 bridgehead atoms. The molecule has 1 N–H and O–H groups in total. The molecule has 3 aromatic rings. The van der Waals surface area contributed by atoms with E-state index in [4.69, 9.17) is 14.8 Å². The topological polar surface area (TPSA) is 75.6 Å². The summed E-state index contributed by atoms with van der Waals surface area (Å²) in [4.78, 5) is 22.5. The summed E-state index contributed by atoms with van der Waals surface area (Å²) in [5.74, 6) is 0.128. The summed E-state index contributed by atoms with van der Waals surface area (Å²) in [5, 5.41) is 10.1. The quantitative estimate of drug-likeness (QED) is 0.708. The Bertz CT molecular complexity index is 968. The average Bonchev–Trinajstić information content (AvgIpc) is 2.74. The molecule has 6 heteroatoms. The minimum absolute atomic E-state index is 0.246. The lowest BCUT2D eigenvalue weighted by Crippen LogP contribution is -2.36. The summed E-state index contributed by atoms with van der Waals surface area (Å²) in [6.45, 7) is 3.39. The molecule has 1 aliphatic rings. The Morgan fingerprint density at radius 2 is 2.00 bits per heavy atom. The SMILES string of the molecule is O=C(O)c1cccc(OCCN2CCC(c3ccc4cccnc4n3)CC2)c1. The Hall–Kier alpha value is -2.99. The molecule has 3 heterocycles. The fraction of sp³-hybridized carbons (Fsp3) is 0.318. The second kappa shape index (κ2) is 8.35. The number of pyridine rings is 2. The third-order valence-corrected chi connectivity index (χ3v) is 5.25. The van der Waals surface area contributed by atoms with Crippen LogP contribution in [-0.2, 0) is 0 Å². The number of piperidine rings is 1. The van der Waals surface area contributed by atoms with E-state index < -0.39 is 5.97 Å². The van der Waals surface area contributed by atoms with Crippen molar-refractivity contribution in [3.8, 4) is 5.75 Å². The lowest BCUT2D eigenvalue weighted by atomic mass is 9.93. The number of aromatic carboxylic acids is 1. The number of carbonyl (C=O) groups is 1. The molecule has 0 unspecified atom stereocenters. The molecule has 0 atom stereocenters. The minimum atomic E-state index is -0.940. The molecule has 144 valence electrons. The molecular weight excluding hydrogens is 354 g/mol. The van der Waals surface area contributed by atoms with E-state index >= 15 is 0 Å². The summed E-state index contributed by atoms with van der Waals surface area (Å²) < 4.78 is 5.73. The van der Waals surface area contributed by atoms with Gasteiger partial charge >= 0.3 is 5.97 Å². The van der Waals surface area contributed by atoms with Crippen molar-refractivity contribution in [3.05, 3.63) is 66.0 Å². The zero-order chi connectivity index (χ0) is 19.3. The van der Waals surface area contributed by atoms with Gasteiger partial charge in [-0.3, -0.25) is 4.90 Å². The standard InChI is InChI=1S/C22H23N3O3/c26-22(27)18-3-1-5-19(15-18)28-14-13-25-11-8-16(9-12-25)20-7-6-17-4-2-10-23-21(17)24-20/h1-7,10,15-16H,8-9,11-14H2,(H,26,27). The van der Waals surface area contributed by atoms with Crippen LogP contribution >= 0.6 is 0 Å². The van der Waals surface area contributed by atoms with Gasteiger partial charge in [0.2, 0.25) is 0 Å². The summed E-state index contributed by atoms with van der Waals surface area (Å²) in [6, 6.07) is 14.8. The maximum atomic E-state index is 11.0. The molecule has 4 rings (SSSR count). The lowest BCUT2D eigenvalue weighted by Gasteiger charge is -2.31. The Balaban J connectivity index is 1.27. The molecule has 0 radical (unpaired) electrons. The van der Waals surface area contributed by atoms with Gasteiger partial charge < -0.3 is 9.84 Å². The second-order valence-corrected chi connectivity index (χ2v) is 7.08. The normalized spacial score (nSPS) is 15.6. The first-order valence-electron chi connectivity index (χ1n) is 9.59. The maximum absolute atomic E-state index is 11.0. The predicted molar refractivity (Wildman–Crippen MR) is 107 cm³/mol. The maximum Gasteiger partial charge on any atom is 0.335 e. The van der Waals surface area contributed by atoms with Gasteiger partial charge in [0, 0.05) is 29.7 Å². The van der Waals surface area contributed by atoms with Crippen LogP contribution in [0.2, 0.25) is 0 Å². The highest BCUT2D eigenvalue weighted by atomic mass is 16.5. The number of carboxylic acid groups (broad SMARTS) is 1. The number of aromatic nitrogens is 2. The molecule has 0 saturated carbocycles. The van der Waals surface area contributed by atoms with Crippen LogP contribution in [0.3, 0.4) is 0 Å². The van der Waals surface area contributed by atoms with Crippen molar-refractivity contribution in [3.63, 3.8) is 0 Å². The number of likely N-dealkylation sites (tertiary alicyclic amines) is 1. The summed E-state index contributed by atoms with van der Waals surface area (Å²) >= 11 is 0. The number of carboxylic acids is 1. The highest BCUT2D eigenvalue weighted by molar-refractivity contribution is 5.88. The van der Waals surface area contributed by atoms with Crippen LogP contribution in [0.1, 0.15) is 34.8 Å². The van der Waals surface area contributed by atoms with Crippen molar-refractivity contribution in [1.29, 1.82) is 0 Å². The van der Waals surface area contributed by atoms with Crippen LogP contribution in [0.5, 0.6) is 5.75 Å².